The zero-order valence-corrected chi connectivity index (χ0v) is 25.4. The summed E-state index contributed by atoms with van der Waals surface area (Å²) in [5.74, 6) is 1.39. The van der Waals surface area contributed by atoms with Crippen LogP contribution in [-0.2, 0) is 17.6 Å². The van der Waals surface area contributed by atoms with Crippen molar-refractivity contribution < 1.29 is 9.90 Å². The number of aliphatic hydroxyl groups is 1. The fourth-order valence-corrected chi connectivity index (χ4v) is 8.13. The number of likely N-dealkylation sites (tertiary alicyclic amines) is 2. The highest BCUT2D eigenvalue weighted by Crippen LogP contribution is 2.46. The van der Waals surface area contributed by atoms with Gasteiger partial charge in [0.05, 0.1) is 11.8 Å². The predicted molar refractivity (Wildman–Crippen MR) is 155 cm³/mol. The molecule has 1 unspecified atom stereocenters. The number of hydrogen-bond acceptors (Lipinski definition) is 4. The molecule has 200 valence electrons. The van der Waals surface area contributed by atoms with Gasteiger partial charge < -0.3 is 14.9 Å². The van der Waals surface area contributed by atoms with Crippen LogP contribution >= 0.6 is 43.5 Å². The van der Waals surface area contributed by atoms with Gasteiger partial charge in [0, 0.05) is 52.1 Å². The number of piperidine rings is 2. The summed E-state index contributed by atoms with van der Waals surface area (Å²) < 4.78 is 2.09. The van der Waals surface area contributed by atoms with Crippen LogP contribution in [0.2, 0.25) is 5.02 Å². The lowest BCUT2D eigenvalue weighted by Gasteiger charge is -2.38. The molecule has 37 heavy (non-hydrogen) atoms. The van der Waals surface area contributed by atoms with Gasteiger partial charge in [-0.25, -0.2) is 0 Å². The maximum Gasteiger partial charge on any atom is 0.222 e. The number of hydrogen-bond donors (Lipinski definition) is 1. The lowest BCUT2D eigenvalue weighted by molar-refractivity contribution is -0.134. The Morgan fingerprint density at radius 2 is 1.78 bits per heavy atom. The molecule has 1 aliphatic carbocycles. The van der Waals surface area contributed by atoms with Crippen molar-refractivity contribution >= 4 is 49.4 Å². The summed E-state index contributed by atoms with van der Waals surface area (Å²) in [5, 5.41) is 10.4. The number of rotatable bonds is 5. The number of carbonyl (C=O) groups excluding carboxylic acids is 1. The van der Waals surface area contributed by atoms with Crippen molar-refractivity contribution in [1.82, 2.24) is 14.8 Å². The third-order valence-electron chi connectivity index (χ3n) is 8.47. The molecule has 3 aliphatic rings. The summed E-state index contributed by atoms with van der Waals surface area (Å²) in [5.41, 5.74) is 5.11. The highest BCUT2D eigenvalue weighted by molar-refractivity contribution is 9.10. The topological polar surface area (TPSA) is 56.7 Å². The first-order valence-corrected chi connectivity index (χ1v) is 15.5. The SMILES string of the molecule is CC(O)CN1CCC(CC(=O)N2CCC([C@H]3c4ncc(Br)cc4CCc4cc(Cl)cc(Br)c43)CC2)CC1. The maximum atomic E-state index is 13.2. The van der Waals surface area contributed by atoms with Crippen LogP contribution in [0.5, 0.6) is 0 Å². The highest BCUT2D eigenvalue weighted by Gasteiger charge is 2.36. The molecular formula is C29H36Br2ClN3O2. The van der Waals surface area contributed by atoms with E-state index in [-0.39, 0.29) is 12.0 Å². The molecule has 8 heteroatoms. The van der Waals surface area contributed by atoms with E-state index in [4.69, 9.17) is 16.6 Å². The molecule has 5 nitrogen and oxygen atoms in total. The van der Waals surface area contributed by atoms with E-state index in [0.717, 1.165) is 85.2 Å². The van der Waals surface area contributed by atoms with Crippen LogP contribution in [-0.4, -0.2) is 64.6 Å². The number of β-amino-alcohol motifs (C(OH)–C–C–N with tert-alkyl or cyclic N) is 1. The van der Waals surface area contributed by atoms with Gasteiger partial charge in [0.15, 0.2) is 0 Å². The molecule has 5 rings (SSSR count). The Bertz CT molecular complexity index is 1130. The van der Waals surface area contributed by atoms with Crippen LogP contribution in [0.25, 0.3) is 0 Å². The molecule has 2 fully saturated rings. The molecule has 1 N–H and O–H groups in total. The van der Waals surface area contributed by atoms with Crippen molar-refractivity contribution in [2.24, 2.45) is 11.8 Å². The molecule has 2 atom stereocenters. The van der Waals surface area contributed by atoms with Gasteiger partial charge in [-0.2, -0.15) is 0 Å². The molecular weight excluding hydrogens is 618 g/mol. The monoisotopic (exact) mass is 651 g/mol. The summed E-state index contributed by atoms with van der Waals surface area (Å²) >= 11 is 13.9. The molecule has 0 saturated carbocycles. The Morgan fingerprint density at radius 3 is 2.49 bits per heavy atom. The molecule has 0 radical (unpaired) electrons. The van der Waals surface area contributed by atoms with Gasteiger partial charge in [-0.15, -0.1) is 0 Å². The molecule has 2 aromatic rings. The zero-order valence-electron chi connectivity index (χ0n) is 21.4. The number of amides is 1. The average molecular weight is 654 g/mol. The van der Waals surface area contributed by atoms with Crippen molar-refractivity contribution in [2.75, 3.05) is 32.7 Å². The van der Waals surface area contributed by atoms with Crippen molar-refractivity contribution in [3.8, 4) is 0 Å². The molecule has 1 amide bonds. The van der Waals surface area contributed by atoms with Crippen LogP contribution in [0.15, 0.2) is 33.3 Å². The second-order valence-electron chi connectivity index (χ2n) is 11.2. The Balaban J connectivity index is 1.27. The van der Waals surface area contributed by atoms with E-state index in [9.17, 15) is 9.90 Å². The summed E-state index contributed by atoms with van der Waals surface area (Å²) in [7, 11) is 0. The van der Waals surface area contributed by atoms with Gasteiger partial charge in [-0.05, 0) is 121 Å². The second-order valence-corrected chi connectivity index (χ2v) is 13.4. The molecule has 0 spiro atoms. The summed E-state index contributed by atoms with van der Waals surface area (Å²) in [4.78, 5) is 22.6. The van der Waals surface area contributed by atoms with E-state index in [1.165, 1.54) is 22.4 Å². The number of carbonyl (C=O) groups is 1. The standard InChI is InChI=1S/C29H36Br2ClN3O2/c1-18(36)17-34-8-4-19(5-9-34)12-26(37)35-10-6-20(7-11-35)28-27-21(14-24(32)15-25(27)31)2-3-22-13-23(30)16-33-29(22)28/h13-16,18-20,28,36H,2-12,17H2,1H3/t18?,28-/m1/s1. The van der Waals surface area contributed by atoms with Crippen molar-refractivity contribution in [1.29, 1.82) is 0 Å². The third kappa shape index (κ3) is 6.43. The minimum absolute atomic E-state index is 0.197. The first-order valence-electron chi connectivity index (χ1n) is 13.6. The van der Waals surface area contributed by atoms with Gasteiger partial charge in [0.1, 0.15) is 0 Å². The lowest BCUT2D eigenvalue weighted by Crippen LogP contribution is -2.42. The number of aliphatic hydroxyl groups excluding tert-OH is 1. The normalized spacial score (nSPS) is 22.3. The van der Waals surface area contributed by atoms with E-state index in [0.29, 0.717) is 24.2 Å². The van der Waals surface area contributed by atoms with E-state index >= 15 is 0 Å². The first kappa shape index (κ1) is 27.6. The Morgan fingerprint density at radius 1 is 1.08 bits per heavy atom. The predicted octanol–water partition coefficient (Wildman–Crippen LogP) is 6.21. The summed E-state index contributed by atoms with van der Waals surface area (Å²) in [6, 6.07) is 6.37. The van der Waals surface area contributed by atoms with Gasteiger partial charge >= 0.3 is 0 Å². The molecule has 0 bridgehead atoms. The van der Waals surface area contributed by atoms with Crippen LogP contribution in [0.1, 0.15) is 67.3 Å². The number of pyridine rings is 1. The summed E-state index contributed by atoms with van der Waals surface area (Å²) in [6.45, 7) is 6.16. The van der Waals surface area contributed by atoms with Crippen LogP contribution in [0.3, 0.4) is 0 Å². The minimum atomic E-state index is -0.291. The van der Waals surface area contributed by atoms with Crippen LogP contribution < -0.4 is 0 Å². The fourth-order valence-electron chi connectivity index (χ4n) is 6.64. The number of fused-ring (bicyclic) bond motifs is 2. The smallest absolute Gasteiger partial charge is 0.222 e. The fraction of sp³-hybridized carbons (Fsp3) is 0.586. The quantitative estimate of drug-likeness (QED) is 0.417. The zero-order chi connectivity index (χ0) is 26.1. The van der Waals surface area contributed by atoms with Crippen molar-refractivity contribution in [2.45, 2.75) is 63.9 Å². The van der Waals surface area contributed by atoms with Gasteiger partial charge in [0.2, 0.25) is 5.91 Å². The second kappa shape index (κ2) is 12.0. The number of aryl methyl sites for hydroxylation is 2. The largest absolute Gasteiger partial charge is 0.392 e. The summed E-state index contributed by atoms with van der Waals surface area (Å²) in [6.07, 6.45) is 8.23. The highest BCUT2D eigenvalue weighted by atomic mass is 79.9. The van der Waals surface area contributed by atoms with Gasteiger partial charge in [0.25, 0.3) is 0 Å². The average Bonchev–Trinajstić information content (AvgIpc) is 3.02. The van der Waals surface area contributed by atoms with E-state index in [1.54, 1.807) is 0 Å². The molecule has 2 saturated heterocycles. The Labute approximate surface area is 242 Å². The third-order valence-corrected chi connectivity index (χ3v) is 9.78. The van der Waals surface area contributed by atoms with Gasteiger partial charge in [-0.3, -0.25) is 9.78 Å². The number of halogens is 3. The Kier molecular flexibility index (Phi) is 8.97. The molecule has 3 heterocycles. The molecule has 2 aliphatic heterocycles. The first-order chi connectivity index (χ1) is 17.8. The maximum absolute atomic E-state index is 13.2. The van der Waals surface area contributed by atoms with Crippen molar-refractivity contribution in [3.63, 3.8) is 0 Å². The van der Waals surface area contributed by atoms with E-state index in [2.05, 4.69) is 53.8 Å². The van der Waals surface area contributed by atoms with Crippen LogP contribution in [0.4, 0.5) is 0 Å². The van der Waals surface area contributed by atoms with Crippen molar-refractivity contribution in [3.05, 3.63) is 60.7 Å². The minimum Gasteiger partial charge on any atom is -0.392 e. The van der Waals surface area contributed by atoms with E-state index < -0.39 is 0 Å². The lowest BCUT2D eigenvalue weighted by atomic mass is 9.76. The Hall–Kier alpha value is -0.990. The number of nitrogens with zero attached hydrogens (tertiary/aromatic N) is 3. The number of aromatic nitrogens is 1. The molecule has 1 aromatic heterocycles. The molecule has 1 aromatic carbocycles. The number of benzene rings is 1. The van der Waals surface area contributed by atoms with Crippen LogP contribution in [0, 0.1) is 11.8 Å². The van der Waals surface area contributed by atoms with E-state index in [1.807, 2.05) is 19.2 Å². The van der Waals surface area contributed by atoms with Gasteiger partial charge in [-0.1, -0.05) is 27.5 Å².